The number of carbonyl (C=O) groups excluding carboxylic acids is 1. The van der Waals surface area contributed by atoms with Crippen LogP contribution >= 0.6 is 22.9 Å². The monoisotopic (exact) mass is 267 g/mol. The molecule has 1 heterocycles. The Balaban J connectivity index is 2.11. The second-order valence-electron chi connectivity index (χ2n) is 3.38. The Kier molecular flexibility index (Phi) is 3.61. The Morgan fingerprint density at radius 3 is 3.00 bits per heavy atom. The lowest BCUT2D eigenvalue weighted by Crippen LogP contribution is -2.12. The zero-order valence-corrected chi connectivity index (χ0v) is 10.4. The molecule has 0 saturated carbocycles. The summed E-state index contributed by atoms with van der Waals surface area (Å²) in [5, 5.41) is 3.54. The van der Waals surface area contributed by atoms with Gasteiger partial charge in [-0.15, -0.1) is 11.3 Å². The topological polar surface area (TPSA) is 68.0 Å². The molecule has 6 heteroatoms. The lowest BCUT2D eigenvalue weighted by molar-refractivity contribution is 0.100. The van der Waals surface area contributed by atoms with Crippen LogP contribution < -0.4 is 11.1 Å². The number of amides is 1. The van der Waals surface area contributed by atoms with Crippen LogP contribution in [0.25, 0.3) is 0 Å². The number of halogens is 1. The Morgan fingerprint density at radius 2 is 2.35 bits per heavy atom. The molecule has 0 saturated heterocycles. The highest BCUT2D eigenvalue weighted by molar-refractivity contribution is 7.09. The number of nitrogens with zero attached hydrogens (tertiary/aromatic N) is 1. The van der Waals surface area contributed by atoms with Gasteiger partial charge in [-0.1, -0.05) is 11.6 Å². The minimum absolute atomic E-state index is 0.320. The molecule has 0 aliphatic heterocycles. The first-order chi connectivity index (χ1) is 8.16. The van der Waals surface area contributed by atoms with Gasteiger partial charge in [0, 0.05) is 16.8 Å². The largest absolute Gasteiger partial charge is 0.380 e. The number of benzene rings is 1. The lowest BCUT2D eigenvalue weighted by Gasteiger charge is -2.07. The average Bonchev–Trinajstić information content (AvgIpc) is 2.80. The number of carbonyl (C=O) groups is 1. The molecule has 4 nitrogen and oxygen atoms in total. The Morgan fingerprint density at radius 1 is 1.53 bits per heavy atom. The standard InChI is InChI=1S/C11H10ClN3OS/c12-10-2-1-7(3-9(10)11(13)16)15-5-8-4-14-6-17-8/h1-4,6,15H,5H2,(H2,13,16). The molecule has 2 rings (SSSR count). The third-order valence-electron chi connectivity index (χ3n) is 2.18. The van der Waals surface area contributed by atoms with E-state index in [1.165, 1.54) is 0 Å². The molecule has 0 radical (unpaired) electrons. The molecule has 17 heavy (non-hydrogen) atoms. The molecule has 88 valence electrons. The van der Waals surface area contributed by atoms with E-state index in [4.69, 9.17) is 17.3 Å². The van der Waals surface area contributed by atoms with Gasteiger partial charge in [0.05, 0.1) is 22.6 Å². The predicted molar refractivity (Wildman–Crippen MR) is 69.4 cm³/mol. The van der Waals surface area contributed by atoms with Crippen LogP contribution in [0, 0.1) is 0 Å². The van der Waals surface area contributed by atoms with Crippen LogP contribution in [0.15, 0.2) is 29.9 Å². The second kappa shape index (κ2) is 5.16. The smallest absolute Gasteiger partial charge is 0.250 e. The number of anilines is 1. The Hall–Kier alpha value is -1.59. The first-order valence-electron chi connectivity index (χ1n) is 4.87. The van der Waals surface area contributed by atoms with E-state index in [1.807, 2.05) is 0 Å². The summed E-state index contributed by atoms with van der Waals surface area (Å²) in [5.74, 6) is -0.531. The van der Waals surface area contributed by atoms with Crippen molar-refractivity contribution in [2.75, 3.05) is 5.32 Å². The predicted octanol–water partition coefficient (Wildman–Crippen LogP) is 2.51. The molecule has 0 atom stereocenters. The van der Waals surface area contributed by atoms with Crippen LogP contribution in [-0.4, -0.2) is 10.9 Å². The highest BCUT2D eigenvalue weighted by Gasteiger charge is 2.07. The van der Waals surface area contributed by atoms with Crippen LogP contribution in [0.1, 0.15) is 15.2 Å². The quantitative estimate of drug-likeness (QED) is 0.894. The fourth-order valence-electron chi connectivity index (χ4n) is 1.34. The SMILES string of the molecule is NC(=O)c1cc(NCc2cncs2)ccc1Cl. The summed E-state index contributed by atoms with van der Waals surface area (Å²) >= 11 is 7.42. The van der Waals surface area contributed by atoms with Crippen molar-refractivity contribution >= 4 is 34.5 Å². The van der Waals surface area contributed by atoms with Gasteiger partial charge in [0.1, 0.15) is 0 Å². The molecular formula is C11H10ClN3OS. The van der Waals surface area contributed by atoms with E-state index in [0.717, 1.165) is 10.6 Å². The van der Waals surface area contributed by atoms with Gasteiger partial charge in [0.2, 0.25) is 5.91 Å². The summed E-state index contributed by atoms with van der Waals surface area (Å²) in [6.07, 6.45) is 1.79. The summed E-state index contributed by atoms with van der Waals surface area (Å²) in [6.45, 7) is 0.657. The van der Waals surface area contributed by atoms with E-state index in [9.17, 15) is 4.79 Å². The molecule has 3 N–H and O–H groups in total. The number of nitrogens with two attached hydrogens (primary N) is 1. The molecule has 0 fully saturated rings. The van der Waals surface area contributed by atoms with E-state index in [2.05, 4.69) is 10.3 Å². The maximum atomic E-state index is 11.1. The average molecular weight is 268 g/mol. The summed E-state index contributed by atoms with van der Waals surface area (Å²) in [5.41, 5.74) is 8.11. The van der Waals surface area contributed by atoms with E-state index in [0.29, 0.717) is 17.1 Å². The molecule has 1 aromatic heterocycles. The van der Waals surface area contributed by atoms with Gasteiger partial charge in [-0.25, -0.2) is 0 Å². The van der Waals surface area contributed by atoms with Crippen molar-refractivity contribution in [3.05, 3.63) is 45.4 Å². The molecular weight excluding hydrogens is 258 g/mol. The van der Waals surface area contributed by atoms with E-state index < -0.39 is 5.91 Å². The van der Waals surface area contributed by atoms with Crippen molar-refractivity contribution < 1.29 is 4.79 Å². The summed E-state index contributed by atoms with van der Waals surface area (Å²) in [7, 11) is 0. The lowest BCUT2D eigenvalue weighted by atomic mass is 10.2. The molecule has 0 bridgehead atoms. The molecule has 0 aliphatic rings. The van der Waals surface area contributed by atoms with Crippen LogP contribution in [0.2, 0.25) is 5.02 Å². The van der Waals surface area contributed by atoms with E-state index in [1.54, 1.807) is 41.2 Å². The third kappa shape index (κ3) is 2.95. The van der Waals surface area contributed by atoms with Gasteiger partial charge in [0.25, 0.3) is 0 Å². The van der Waals surface area contributed by atoms with Crippen molar-refractivity contribution in [3.8, 4) is 0 Å². The van der Waals surface area contributed by atoms with Crippen molar-refractivity contribution in [1.29, 1.82) is 0 Å². The zero-order valence-electron chi connectivity index (χ0n) is 8.81. The molecule has 1 aromatic carbocycles. The van der Waals surface area contributed by atoms with Gasteiger partial charge in [-0.3, -0.25) is 9.78 Å². The molecule has 0 spiro atoms. The molecule has 2 aromatic rings. The van der Waals surface area contributed by atoms with Gasteiger partial charge < -0.3 is 11.1 Å². The maximum Gasteiger partial charge on any atom is 0.250 e. The minimum atomic E-state index is -0.531. The Bertz CT molecular complexity index is 528. The van der Waals surface area contributed by atoms with E-state index in [-0.39, 0.29) is 0 Å². The molecule has 0 aliphatic carbocycles. The number of thiazole rings is 1. The van der Waals surface area contributed by atoms with Gasteiger partial charge in [0.15, 0.2) is 0 Å². The number of aromatic nitrogens is 1. The van der Waals surface area contributed by atoms with E-state index >= 15 is 0 Å². The summed E-state index contributed by atoms with van der Waals surface area (Å²) in [4.78, 5) is 16.2. The normalized spacial score (nSPS) is 10.2. The highest BCUT2D eigenvalue weighted by Crippen LogP contribution is 2.20. The number of rotatable bonds is 4. The van der Waals surface area contributed by atoms with Gasteiger partial charge in [-0.2, -0.15) is 0 Å². The number of hydrogen-bond donors (Lipinski definition) is 2. The van der Waals surface area contributed by atoms with Gasteiger partial charge >= 0.3 is 0 Å². The third-order valence-corrected chi connectivity index (χ3v) is 3.29. The highest BCUT2D eigenvalue weighted by atomic mass is 35.5. The van der Waals surface area contributed by atoms with Crippen molar-refractivity contribution in [2.45, 2.75) is 6.54 Å². The van der Waals surface area contributed by atoms with Crippen LogP contribution in [0.5, 0.6) is 0 Å². The summed E-state index contributed by atoms with van der Waals surface area (Å²) in [6, 6.07) is 5.10. The fourth-order valence-corrected chi connectivity index (χ4v) is 2.09. The van der Waals surface area contributed by atoms with Gasteiger partial charge in [-0.05, 0) is 18.2 Å². The summed E-state index contributed by atoms with van der Waals surface area (Å²) < 4.78 is 0. The minimum Gasteiger partial charge on any atom is -0.380 e. The first-order valence-corrected chi connectivity index (χ1v) is 6.13. The van der Waals surface area contributed by atoms with Crippen LogP contribution in [0.3, 0.4) is 0 Å². The molecule has 0 unspecified atom stereocenters. The van der Waals surface area contributed by atoms with Crippen LogP contribution in [0.4, 0.5) is 5.69 Å². The fraction of sp³-hybridized carbons (Fsp3) is 0.0909. The first kappa shape index (κ1) is 11.9. The number of hydrogen-bond acceptors (Lipinski definition) is 4. The van der Waals surface area contributed by atoms with Crippen LogP contribution in [-0.2, 0) is 6.54 Å². The number of nitrogens with one attached hydrogen (secondary N) is 1. The van der Waals surface area contributed by atoms with Crippen molar-refractivity contribution in [2.24, 2.45) is 5.73 Å². The number of primary amides is 1. The van der Waals surface area contributed by atoms with Crippen molar-refractivity contribution in [1.82, 2.24) is 4.98 Å². The zero-order chi connectivity index (χ0) is 12.3. The maximum absolute atomic E-state index is 11.1. The Labute approximate surface area is 107 Å². The van der Waals surface area contributed by atoms with Crippen molar-refractivity contribution in [3.63, 3.8) is 0 Å². The second-order valence-corrected chi connectivity index (χ2v) is 4.76. The molecule has 1 amide bonds.